The van der Waals surface area contributed by atoms with Crippen molar-refractivity contribution in [3.63, 3.8) is 0 Å². The second kappa shape index (κ2) is 7.14. The van der Waals surface area contributed by atoms with Gasteiger partial charge >= 0.3 is 0 Å². The number of nitrogens with one attached hydrogen (secondary N) is 1. The van der Waals surface area contributed by atoms with Crippen molar-refractivity contribution in [3.05, 3.63) is 60.2 Å². The fourth-order valence-electron chi connectivity index (χ4n) is 2.63. The highest BCUT2D eigenvalue weighted by Gasteiger charge is 2.27. The summed E-state index contributed by atoms with van der Waals surface area (Å²) in [5, 5.41) is 12.3. The molecule has 0 fully saturated rings. The Morgan fingerprint density at radius 2 is 1.88 bits per heavy atom. The molecule has 0 aromatic heterocycles. The summed E-state index contributed by atoms with van der Waals surface area (Å²) in [6, 6.07) is 15.8. The number of ether oxygens (including phenoxy) is 1. The Labute approximate surface area is 139 Å². The van der Waals surface area contributed by atoms with Crippen molar-refractivity contribution in [3.8, 4) is 5.75 Å². The van der Waals surface area contributed by atoms with Crippen LogP contribution < -0.4 is 15.0 Å². The zero-order valence-corrected chi connectivity index (χ0v) is 13.0. The molecule has 2 amide bonds. The molecule has 0 saturated carbocycles. The average Bonchev–Trinajstić information content (AvgIpc) is 2.63. The third kappa shape index (κ3) is 3.38. The van der Waals surface area contributed by atoms with E-state index in [9.17, 15) is 14.7 Å². The predicted octanol–water partition coefficient (Wildman–Crippen LogP) is 1.26. The third-order valence-corrected chi connectivity index (χ3v) is 3.83. The first-order valence-corrected chi connectivity index (χ1v) is 7.66. The van der Waals surface area contributed by atoms with Crippen molar-refractivity contribution in [2.75, 3.05) is 24.7 Å². The Balaban J connectivity index is 1.72. The van der Waals surface area contributed by atoms with E-state index in [0.717, 1.165) is 5.56 Å². The third-order valence-electron chi connectivity index (χ3n) is 3.83. The number of nitrogens with zero attached hydrogens (tertiary/aromatic N) is 1. The largest absolute Gasteiger partial charge is 0.482 e. The number of carbonyl (C=O) groups excluding carboxylic acids is 2. The fraction of sp³-hybridized carbons (Fsp3) is 0.222. The van der Waals surface area contributed by atoms with E-state index in [1.807, 2.05) is 36.4 Å². The minimum absolute atomic E-state index is 0.0909. The van der Waals surface area contributed by atoms with Crippen LogP contribution in [0.3, 0.4) is 0 Å². The average molecular weight is 326 g/mol. The van der Waals surface area contributed by atoms with Crippen LogP contribution in [0.25, 0.3) is 0 Å². The van der Waals surface area contributed by atoms with Gasteiger partial charge in [0.25, 0.3) is 5.91 Å². The quantitative estimate of drug-likeness (QED) is 0.867. The lowest BCUT2D eigenvalue weighted by atomic mass is 10.1. The van der Waals surface area contributed by atoms with Gasteiger partial charge in [0.2, 0.25) is 5.91 Å². The second-order valence-electron chi connectivity index (χ2n) is 5.45. The maximum absolute atomic E-state index is 12.4. The van der Waals surface area contributed by atoms with Gasteiger partial charge in [-0.2, -0.15) is 0 Å². The lowest BCUT2D eigenvalue weighted by Crippen LogP contribution is -2.46. The number of carbonyl (C=O) groups is 2. The number of aliphatic hydroxyl groups excluding tert-OH is 1. The number of fused-ring (bicyclic) bond motifs is 1. The first kappa shape index (κ1) is 16.0. The SMILES string of the molecule is O=C(CN1C(=O)COc2ccccc21)N[C@H](CO)c1ccccc1. The molecule has 2 aromatic carbocycles. The van der Waals surface area contributed by atoms with Crippen LogP contribution in [0.2, 0.25) is 0 Å². The van der Waals surface area contributed by atoms with Crippen LogP contribution >= 0.6 is 0 Å². The standard InChI is InChI=1S/C18H18N2O4/c21-11-14(13-6-2-1-3-7-13)19-17(22)10-20-15-8-4-5-9-16(15)24-12-18(20)23/h1-9,14,21H,10-12H2,(H,19,22)/t14-/m1/s1. The lowest BCUT2D eigenvalue weighted by Gasteiger charge is -2.29. The molecule has 0 saturated heterocycles. The summed E-state index contributed by atoms with van der Waals surface area (Å²) in [6.07, 6.45) is 0. The van der Waals surface area contributed by atoms with Gasteiger partial charge in [0.05, 0.1) is 18.3 Å². The predicted molar refractivity (Wildman–Crippen MR) is 88.7 cm³/mol. The van der Waals surface area contributed by atoms with Gasteiger partial charge in [0.15, 0.2) is 6.61 Å². The van der Waals surface area contributed by atoms with E-state index in [2.05, 4.69) is 5.32 Å². The van der Waals surface area contributed by atoms with E-state index < -0.39 is 6.04 Å². The van der Waals surface area contributed by atoms with Gasteiger partial charge < -0.3 is 15.2 Å². The molecule has 0 spiro atoms. The Bertz CT molecular complexity index is 733. The fourth-order valence-corrected chi connectivity index (χ4v) is 2.63. The summed E-state index contributed by atoms with van der Waals surface area (Å²) in [4.78, 5) is 25.8. The molecule has 1 atom stereocenters. The molecule has 6 heteroatoms. The zero-order valence-electron chi connectivity index (χ0n) is 13.0. The number of aliphatic hydroxyl groups is 1. The van der Waals surface area contributed by atoms with E-state index in [1.165, 1.54) is 4.90 Å². The van der Waals surface area contributed by atoms with Gasteiger partial charge in [-0.15, -0.1) is 0 Å². The molecule has 0 bridgehead atoms. The van der Waals surface area contributed by atoms with Crippen molar-refractivity contribution in [1.82, 2.24) is 5.32 Å². The van der Waals surface area contributed by atoms with Gasteiger partial charge in [-0.05, 0) is 17.7 Å². The van der Waals surface area contributed by atoms with Crippen LogP contribution in [0.15, 0.2) is 54.6 Å². The van der Waals surface area contributed by atoms with Gasteiger partial charge in [0.1, 0.15) is 12.3 Å². The van der Waals surface area contributed by atoms with E-state index in [4.69, 9.17) is 4.74 Å². The van der Waals surface area contributed by atoms with Crippen molar-refractivity contribution >= 4 is 17.5 Å². The van der Waals surface area contributed by atoms with Crippen LogP contribution in [0.4, 0.5) is 5.69 Å². The minimum atomic E-state index is -0.509. The Hall–Kier alpha value is -2.86. The number of hydrogen-bond donors (Lipinski definition) is 2. The highest BCUT2D eigenvalue weighted by Crippen LogP contribution is 2.31. The van der Waals surface area contributed by atoms with Gasteiger partial charge in [-0.1, -0.05) is 42.5 Å². The highest BCUT2D eigenvalue weighted by molar-refractivity contribution is 6.02. The molecule has 2 aromatic rings. The Kier molecular flexibility index (Phi) is 4.77. The van der Waals surface area contributed by atoms with Gasteiger partial charge in [0, 0.05) is 0 Å². The summed E-state index contributed by atoms with van der Waals surface area (Å²) in [5.74, 6) is -0.0428. The molecule has 24 heavy (non-hydrogen) atoms. The van der Waals surface area contributed by atoms with Crippen LogP contribution in [0.1, 0.15) is 11.6 Å². The molecule has 2 N–H and O–H groups in total. The maximum Gasteiger partial charge on any atom is 0.265 e. The van der Waals surface area contributed by atoms with Crippen LogP contribution in [0, 0.1) is 0 Å². The first-order valence-electron chi connectivity index (χ1n) is 7.66. The summed E-state index contributed by atoms with van der Waals surface area (Å²) in [5.41, 5.74) is 1.38. The second-order valence-corrected chi connectivity index (χ2v) is 5.45. The van der Waals surface area contributed by atoms with E-state index in [1.54, 1.807) is 18.2 Å². The number of anilines is 1. The molecule has 1 aliphatic rings. The molecule has 0 radical (unpaired) electrons. The Morgan fingerprint density at radius 3 is 2.62 bits per heavy atom. The van der Waals surface area contributed by atoms with Crippen LogP contribution in [-0.2, 0) is 9.59 Å². The molecule has 124 valence electrons. The number of rotatable bonds is 5. The first-order chi connectivity index (χ1) is 11.7. The normalized spacial score (nSPS) is 14.5. The molecule has 1 heterocycles. The van der Waals surface area contributed by atoms with E-state index in [-0.39, 0.29) is 31.6 Å². The zero-order chi connectivity index (χ0) is 16.9. The van der Waals surface area contributed by atoms with Crippen molar-refractivity contribution in [2.24, 2.45) is 0 Å². The highest BCUT2D eigenvalue weighted by atomic mass is 16.5. The summed E-state index contributed by atoms with van der Waals surface area (Å²) < 4.78 is 5.36. The molecule has 3 rings (SSSR count). The molecular formula is C18H18N2O4. The number of amides is 2. The Morgan fingerprint density at radius 1 is 1.17 bits per heavy atom. The molecular weight excluding hydrogens is 308 g/mol. The summed E-state index contributed by atoms with van der Waals surface area (Å²) in [6.45, 7) is -0.432. The van der Waals surface area contributed by atoms with E-state index in [0.29, 0.717) is 11.4 Å². The molecule has 0 aliphatic carbocycles. The monoisotopic (exact) mass is 326 g/mol. The van der Waals surface area contributed by atoms with E-state index >= 15 is 0 Å². The number of para-hydroxylation sites is 2. The van der Waals surface area contributed by atoms with Crippen molar-refractivity contribution in [1.29, 1.82) is 0 Å². The van der Waals surface area contributed by atoms with Crippen molar-refractivity contribution < 1.29 is 19.4 Å². The maximum atomic E-state index is 12.4. The van der Waals surface area contributed by atoms with Gasteiger partial charge in [-0.25, -0.2) is 0 Å². The smallest absolute Gasteiger partial charge is 0.265 e. The van der Waals surface area contributed by atoms with Crippen LogP contribution in [0.5, 0.6) is 5.75 Å². The van der Waals surface area contributed by atoms with Crippen molar-refractivity contribution in [2.45, 2.75) is 6.04 Å². The topological polar surface area (TPSA) is 78.9 Å². The molecule has 1 aliphatic heterocycles. The minimum Gasteiger partial charge on any atom is -0.482 e. The number of benzene rings is 2. The molecule has 0 unspecified atom stereocenters. The summed E-state index contributed by atoms with van der Waals surface area (Å²) in [7, 11) is 0. The number of hydrogen-bond acceptors (Lipinski definition) is 4. The van der Waals surface area contributed by atoms with Crippen LogP contribution in [-0.4, -0.2) is 36.7 Å². The van der Waals surface area contributed by atoms with Gasteiger partial charge in [-0.3, -0.25) is 14.5 Å². The molecule has 6 nitrogen and oxygen atoms in total. The summed E-state index contributed by atoms with van der Waals surface area (Å²) >= 11 is 0. The lowest BCUT2D eigenvalue weighted by molar-refractivity contribution is -0.125.